The van der Waals surface area contributed by atoms with Crippen molar-refractivity contribution >= 4 is 15.9 Å². The number of aliphatic hydroxyl groups is 1. The lowest BCUT2D eigenvalue weighted by Crippen LogP contribution is -2.07. The number of rotatable bonds is 7. The van der Waals surface area contributed by atoms with E-state index in [4.69, 9.17) is 0 Å². The van der Waals surface area contributed by atoms with Crippen molar-refractivity contribution in [2.75, 3.05) is 0 Å². The van der Waals surface area contributed by atoms with E-state index in [1.54, 1.807) is 0 Å². The highest BCUT2D eigenvalue weighted by atomic mass is 79.9. The molecule has 2 unspecified atom stereocenters. The highest BCUT2D eigenvalue weighted by Crippen LogP contribution is 2.31. The number of hydrogen-bond acceptors (Lipinski definition) is 1. The molecular weight excluding hydrogens is 288 g/mol. The van der Waals surface area contributed by atoms with Crippen LogP contribution in [0.4, 0.5) is 0 Å². The van der Waals surface area contributed by atoms with Crippen LogP contribution in [0, 0.1) is 12.8 Å². The molecule has 1 N–H and O–H groups in total. The summed E-state index contributed by atoms with van der Waals surface area (Å²) in [6, 6.07) is 6.18. The van der Waals surface area contributed by atoms with E-state index in [9.17, 15) is 5.11 Å². The van der Waals surface area contributed by atoms with E-state index in [-0.39, 0.29) is 6.10 Å². The fourth-order valence-electron chi connectivity index (χ4n) is 2.33. The van der Waals surface area contributed by atoms with Crippen LogP contribution in [0.3, 0.4) is 0 Å². The summed E-state index contributed by atoms with van der Waals surface area (Å²) in [5.74, 6) is 0.633. The van der Waals surface area contributed by atoms with E-state index in [2.05, 4.69) is 48.8 Å². The summed E-state index contributed by atoms with van der Waals surface area (Å²) in [4.78, 5) is 0. The minimum atomic E-state index is -0.346. The minimum absolute atomic E-state index is 0.346. The molecule has 1 aromatic carbocycles. The van der Waals surface area contributed by atoms with Crippen molar-refractivity contribution in [1.29, 1.82) is 0 Å². The third kappa shape index (κ3) is 4.74. The molecule has 0 radical (unpaired) electrons. The van der Waals surface area contributed by atoms with Crippen LogP contribution in [-0.4, -0.2) is 5.11 Å². The SMILES string of the molecule is CCCCC(CC)CC(O)c1ccc(C)cc1Br. The van der Waals surface area contributed by atoms with Crippen molar-refractivity contribution < 1.29 is 5.11 Å². The molecule has 0 bridgehead atoms. The van der Waals surface area contributed by atoms with Crippen LogP contribution < -0.4 is 0 Å². The van der Waals surface area contributed by atoms with Crippen molar-refractivity contribution in [3.8, 4) is 0 Å². The van der Waals surface area contributed by atoms with Crippen LogP contribution in [0.15, 0.2) is 22.7 Å². The van der Waals surface area contributed by atoms with Gasteiger partial charge in [0.2, 0.25) is 0 Å². The molecule has 102 valence electrons. The molecule has 0 saturated heterocycles. The number of aryl methyl sites for hydroxylation is 1. The van der Waals surface area contributed by atoms with Gasteiger partial charge in [0, 0.05) is 4.47 Å². The van der Waals surface area contributed by atoms with E-state index in [1.807, 2.05) is 6.07 Å². The van der Waals surface area contributed by atoms with E-state index >= 15 is 0 Å². The molecular formula is C16H25BrO. The Morgan fingerprint density at radius 2 is 2.00 bits per heavy atom. The lowest BCUT2D eigenvalue weighted by Gasteiger charge is -2.20. The Bertz CT molecular complexity index is 362. The molecule has 0 heterocycles. The van der Waals surface area contributed by atoms with Crippen LogP contribution in [0.25, 0.3) is 0 Å². The Kier molecular flexibility index (Phi) is 6.95. The monoisotopic (exact) mass is 312 g/mol. The minimum Gasteiger partial charge on any atom is -0.388 e. The predicted molar refractivity (Wildman–Crippen MR) is 81.8 cm³/mol. The Morgan fingerprint density at radius 3 is 2.56 bits per heavy atom. The zero-order chi connectivity index (χ0) is 13.5. The molecule has 2 heteroatoms. The molecule has 0 aliphatic heterocycles. The second kappa shape index (κ2) is 7.96. The summed E-state index contributed by atoms with van der Waals surface area (Å²) in [5.41, 5.74) is 2.24. The van der Waals surface area contributed by atoms with Crippen molar-refractivity contribution in [2.45, 2.75) is 59.0 Å². The molecule has 1 nitrogen and oxygen atoms in total. The second-order valence-electron chi connectivity index (χ2n) is 5.19. The van der Waals surface area contributed by atoms with Gasteiger partial charge in [-0.2, -0.15) is 0 Å². The zero-order valence-electron chi connectivity index (χ0n) is 11.7. The van der Waals surface area contributed by atoms with E-state index in [0.29, 0.717) is 5.92 Å². The van der Waals surface area contributed by atoms with Gasteiger partial charge in [0.05, 0.1) is 6.10 Å². The fourth-order valence-corrected chi connectivity index (χ4v) is 3.08. The van der Waals surface area contributed by atoms with E-state index < -0.39 is 0 Å². The summed E-state index contributed by atoms with van der Waals surface area (Å²) >= 11 is 3.55. The lowest BCUT2D eigenvalue weighted by molar-refractivity contribution is 0.138. The number of benzene rings is 1. The highest BCUT2D eigenvalue weighted by Gasteiger charge is 2.16. The first-order valence-electron chi connectivity index (χ1n) is 7.02. The molecule has 0 spiro atoms. The van der Waals surface area contributed by atoms with Crippen LogP contribution in [0.1, 0.15) is 63.2 Å². The van der Waals surface area contributed by atoms with Crippen LogP contribution >= 0.6 is 15.9 Å². The smallest absolute Gasteiger partial charge is 0.0803 e. The van der Waals surface area contributed by atoms with Crippen molar-refractivity contribution in [1.82, 2.24) is 0 Å². The van der Waals surface area contributed by atoms with Gasteiger partial charge in [-0.3, -0.25) is 0 Å². The van der Waals surface area contributed by atoms with Gasteiger partial charge in [0.1, 0.15) is 0 Å². The Labute approximate surface area is 120 Å². The van der Waals surface area contributed by atoms with Crippen molar-refractivity contribution in [3.05, 3.63) is 33.8 Å². The number of hydrogen-bond donors (Lipinski definition) is 1. The topological polar surface area (TPSA) is 20.2 Å². The van der Waals surface area contributed by atoms with Crippen molar-refractivity contribution in [3.63, 3.8) is 0 Å². The molecule has 0 aromatic heterocycles. The maximum absolute atomic E-state index is 10.4. The molecule has 2 atom stereocenters. The maximum atomic E-state index is 10.4. The average Bonchev–Trinajstić information content (AvgIpc) is 2.34. The standard InChI is InChI=1S/C16H25BrO/c1-4-6-7-13(5-2)11-16(18)14-9-8-12(3)10-15(14)17/h8-10,13,16,18H,4-7,11H2,1-3H3. The number of unbranched alkanes of at least 4 members (excludes halogenated alkanes) is 1. The van der Waals surface area contributed by atoms with Crippen LogP contribution in [-0.2, 0) is 0 Å². The van der Waals surface area contributed by atoms with Gasteiger partial charge in [-0.25, -0.2) is 0 Å². The van der Waals surface area contributed by atoms with E-state index in [1.165, 1.54) is 24.8 Å². The lowest BCUT2D eigenvalue weighted by atomic mass is 9.90. The molecule has 0 fully saturated rings. The normalized spacial score (nSPS) is 14.5. The average molecular weight is 313 g/mol. The van der Waals surface area contributed by atoms with Crippen molar-refractivity contribution in [2.24, 2.45) is 5.92 Å². The summed E-state index contributed by atoms with van der Waals surface area (Å²) in [5, 5.41) is 10.4. The fraction of sp³-hybridized carbons (Fsp3) is 0.625. The summed E-state index contributed by atoms with van der Waals surface area (Å²) < 4.78 is 1.03. The Balaban J connectivity index is 2.65. The third-order valence-electron chi connectivity index (χ3n) is 3.61. The largest absolute Gasteiger partial charge is 0.388 e. The molecule has 0 amide bonds. The zero-order valence-corrected chi connectivity index (χ0v) is 13.3. The summed E-state index contributed by atoms with van der Waals surface area (Å²) in [6.45, 7) is 6.51. The van der Waals surface area contributed by atoms with Gasteiger partial charge in [0.25, 0.3) is 0 Å². The quantitative estimate of drug-likeness (QED) is 0.715. The van der Waals surface area contributed by atoms with Gasteiger partial charge in [-0.05, 0) is 36.5 Å². The molecule has 18 heavy (non-hydrogen) atoms. The first kappa shape index (κ1) is 15.7. The number of aliphatic hydroxyl groups excluding tert-OH is 1. The Hall–Kier alpha value is -0.340. The van der Waals surface area contributed by atoms with E-state index in [0.717, 1.165) is 22.9 Å². The van der Waals surface area contributed by atoms with Crippen LogP contribution in [0.2, 0.25) is 0 Å². The summed E-state index contributed by atoms with van der Waals surface area (Å²) in [7, 11) is 0. The molecule has 0 aliphatic rings. The van der Waals surface area contributed by atoms with Crippen LogP contribution in [0.5, 0.6) is 0 Å². The first-order valence-corrected chi connectivity index (χ1v) is 7.81. The summed E-state index contributed by atoms with van der Waals surface area (Å²) in [6.07, 6.45) is 5.41. The second-order valence-corrected chi connectivity index (χ2v) is 6.05. The number of halogens is 1. The van der Waals surface area contributed by atoms with Gasteiger partial charge in [-0.15, -0.1) is 0 Å². The van der Waals surface area contributed by atoms with Gasteiger partial charge in [0.15, 0.2) is 0 Å². The molecule has 0 saturated carbocycles. The molecule has 0 aliphatic carbocycles. The Morgan fingerprint density at radius 1 is 1.28 bits per heavy atom. The third-order valence-corrected chi connectivity index (χ3v) is 4.30. The first-order chi connectivity index (χ1) is 8.58. The maximum Gasteiger partial charge on any atom is 0.0803 e. The van der Waals surface area contributed by atoms with Gasteiger partial charge < -0.3 is 5.11 Å². The molecule has 1 rings (SSSR count). The predicted octanol–water partition coefficient (Wildman–Crippen LogP) is 5.40. The van der Waals surface area contributed by atoms with Gasteiger partial charge >= 0.3 is 0 Å². The molecule has 1 aromatic rings. The van der Waals surface area contributed by atoms with Gasteiger partial charge in [-0.1, -0.05) is 67.6 Å². The highest BCUT2D eigenvalue weighted by molar-refractivity contribution is 9.10.